The Hall–Kier alpha value is -3.40. The van der Waals surface area contributed by atoms with Gasteiger partial charge in [0, 0.05) is 24.2 Å². The normalized spacial score (nSPS) is 17.2. The average molecular weight is 396 g/mol. The first-order chi connectivity index (χ1) is 14.7. The van der Waals surface area contributed by atoms with E-state index in [1.807, 2.05) is 42.5 Å². The Balaban J connectivity index is 1.44. The fourth-order valence-corrected chi connectivity index (χ4v) is 4.59. The van der Waals surface area contributed by atoms with Gasteiger partial charge in [-0.2, -0.15) is 0 Å². The summed E-state index contributed by atoms with van der Waals surface area (Å²) in [6, 6.07) is 22.9. The monoisotopic (exact) mass is 396 g/mol. The largest absolute Gasteiger partial charge is 0.324 e. The van der Waals surface area contributed by atoms with Crippen molar-refractivity contribution in [3.8, 4) is 0 Å². The topological polar surface area (TPSA) is 49.4 Å². The lowest BCUT2D eigenvalue weighted by atomic mass is 9.92. The molecule has 150 valence electrons. The van der Waals surface area contributed by atoms with Gasteiger partial charge in [0.25, 0.3) is 5.91 Å². The first kappa shape index (κ1) is 18.6. The lowest BCUT2D eigenvalue weighted by Crippen LogP contribution is -2.50. The van der Waals surface area contributed by atoms with Crippen molar-refractivity contribution in [3.63, 3.8) is 0 Å². The van der Waals surface area contributed by atoms with Gasteiger partial charge >= 0.3 is 0 Å². The molecule has 5 rings (SSSR count). The minimum atomic E-state index is -0.541. The summed E-state index contributed by atoms with van der Waals surface area (Å²) in [7, 11) is 0. The van der Waals surface area contributed by atoms with Gasteiger partial charge < -0.3 is 10.2 Å². The highest BCUT2D eigenvalue weighted by Crippen LogP contribution is 2.28. The van der Waals surface area contributed by atoms with Crippen LogP contribution < -0.4 is 5.32 Å². The van der Waals surface area contributed by atoms with Crippen molar-refractivity contribution in [3.05, 3.63) is 101 Å². The van der Waals surface area contributed by atoms with Crippen molar-refractivity contribution >= 4 is 17.5 Å². The number of carbonyl (C=O) groups is 2. The molecule has 3 aromatic carbocycles. The summed E-state index contributed by atoms with van der Waals surface area (Å²) >= 11 is 0. The van der Waals surface area contributed by atoms with Gasteiger partial charge in [-0.05, 0) is 65.8 Å². The highest BCUT2D eigenvalue weighted by Gasteiger charge is 2.35. The molecule has 0 aromatic heterocycles. The van der Waals surface area contributed by atoms with Gasteiger partial charge in [-0.1, -0.05) is 48.5 Å². The Kier molecular flexibility index (Phi) is 4.83. The van der Waals surface area contributed by atoms with Crippen LogP contribution >= 0.6 is 0 Å². The van der Waals surface area contributed by atoms with E-state index in [2.05, 4.69) is 23.5 Å². The molecule has 4 heteroatoms. The van der Waals surface area contributed by atoms with Crippen molar-refractivity contribution < 1.29 is 9.59 Å². The molecule has 0 saturated carbocycles. The molecule has 1 heterocycles. The Bertz CT molecular complexity index is 1110. The second kappa shape index (κ2) is 7.79. The van der Waals surface area contributed by atoms with Crippen molar-refractivity contribution in [2.24, 2.45) is 0 Å². The van der Waals surface area contributed by atoms with Crippen LogP contribution in [-0.2, 0) is 30.6 Å². The summed E-state index contributed by atoms with van der Waals surface area (Å²) in [6.07, 6.45) is 3.87. The summed E-state index contributed by atoms with van der Waals surface area (Å²) in [5.74, 6) is -0.245. The zero-order chi connectivity index (χ0) is 20.5. The molecule has 30 heavy (non-hydrogen) atoms. The van der Waals surface area contributed by atoms with Crippen molar-refractivity contribution in [1.29, 1.82) is 0 Å². The zero-order valence-electron chi connectivity index (χ0n) is 16.8. The van der Waals surface area contributed by atoms with E-state index in [0.29, 0.717) is 18.5 Å². The minimum absolute atomic E-state index is 0.112. The third-order valence-electron chi connectivity index (χ3n) is 6.20. The van der Waals surface area contributed by atoms with E-state index in [4.69, 9.17) is 0 Å². The van der Waals surface area contributed by atoms with E-state index in [0.717, 1.165) is 29.7 Å². The molecule has 1 N–H and O–H groups in total. The van der Waals surface area contributed by atoms with Crippen LogP contribution in [0.3, 0.4) is 0 Å². The van der Waals surface area contributed by atoms with E-state index >= 15 is 0 Å². The molecule has 0 fully saturated rings. The van der Waals surface area contributed by atoms with Crippen molar-refractivity contribution in [1.82, 2.24) is 4.90 Å². The third kappa shape index (κ3) is 3.50. The first-order valence-electron chi connectivity index (χ1n) is 10.5. The molecule has 2 aliphatic rings. The number of hydrogen-bond acceptors (Lipinski definition) is 2. The number of nitrogens with zero attached hydrogens (tertiary/aromatic N) is 1. The SMILES string of the molecule is O=C(Nc1ccc2c(c1)CCC2)[C@H]1Cc2ccccc2CN1C(=O)c1ccccc1. The summed E-state index contributed by atoms with van der Waals surface area (Å²) in [5.41, 5.74) is 6.34. The molecule has 0 saturated heterocycles. The van der Waals surface area contributed by atoms with Gasteiger partial charge in [0.15, 0.2) is 0 Å². The fraction of sp³-hybridized carbons (Fsp3) is 0.231. The predicted molar refractivity (Wildman–Crippen MR) is 117 cm³/mol. The van der Waals surface area contributed by atoms with Crippen molar-refractivity contribution in [2.75, 3.05) is 5.32 Å². The highest BCUT2D eigenvalue weighted by molar-refractivity contribution is 6.01. The summed E-state index contributed by atoms with van der Waals surface area (Å²) in [5, 5.41) is 3.08. The highest BCUT2D eigenvalue weighted by atomic mass is 16.2. The fourth-order valence-electron chi connectivity index (χ4n) is 4.59. The molecule has 0 bridgehead atoms. The van der Waals surface area contributed by atoms with Gasteiger partial charge in [0.1, 0.15) is 6.04 Å². The zero-order valence-corrected chi connectivity index (χ0v) is 16.8. The standard InChI is InChI=1S/C26H24N2O2/c29-25(27-23-14-13-18-11-6-12-20(18)15-23)24-16-21-9-4-5-10-22(21)17-28(24)26(30)19-7-2-1-3-8-19/h1-5,7-10,13-15,24H,6,11-12,16-17H2,(H,27,29)/t24-/m1/s1. The molecule has 1 atom stereocenters. The smallest absolute Gasteiger partial charge is 0.254 e. The number of benzene rings is 3. The van der Waals surface area contributed by atoms with E-state index in [-0.39, 0.29) is 11.8 Å². The second-order valence-electron chi connectivity index (χ2n) is 8.11. The maximum atomic E-state index is 13.3. The number of fused-ring (bicyclic) bond motifs is 2. The molecular weight excluding hydrogens is 372 g/mol. The third-order valence-corrected chi connectivity index (χ3v) is 6.20. The molecule has 3 aromatic rings. The Morgan fingerprint density at radius 3 is 2.37 bits per heavy atom. The summed E-state index contributed by atoms with van der Waals surface area (Å²) in [4.78, 5) is 28.3. The molecular formula is C26H24N2O2. The lowest BCUT2D eigenvalue weighted by Gasteiger charge is -2.36. The number of anilines is 1. The van der Waals surface area contributed by atoms with E-state index < -0.39 is 6.04 Å². The van der Waals surface area contributed by atoms with Gasteiger partial charge in [0.2, 0.25) is 5.91 Å². The number of aryl methyl sites for hydroxylation is 2. The lowest BCUT2D eigenvalue weighted by molar-refractivity contribution is -0.121. The van der Waals surface area contributed by atoms with Gasteiger partial charge in [-0.15, -0.1) is 0 Å². The number of amides is 2. The average Bonchev–Trinajstić information content (AvgIpc) is 3.26. The molecule has 0 unspecified atom stereocenters. The van der Waals surface area contributed by atoms with Gasteiger partial charge in [-0.3, -0.25) is 9.59 Å². The summed E-state index contributed by atoms with van der Waals surface area (Å²) < 4.78 is 0. The van der Waals surface area contributed by atoms with Crippen LogP contribution in [0.15, 0.2) is 72.8 Å². The Morgan fingerprint density at radius 1 is 0.800 bits per heavy atom. The Morgan fingerprint density at radius 2 is 1.53 bits per heavy atom. The van der Waals surface area contributed by atoms with Crippen LogP contribution in [0, 0.1) is 0 Å². The number of rotatable bonds is 3. The van der Waals surface area contributed by atoms with Gasteiger partial charge in [-0.25, -0.2) is 0 Å². The van der Waals surface area contributed by atoms with Crippen LogP contribution in [0.5, 0.6) is 0 Å². The maximum Gasteiger partial charge on any atom is 0.254 e. The second-order valence-corrected chi connectivity index (χ2v) is 8.11. The molecule has 0 spiro atoms. The number of nitrogens with one attached hydrogen (secondary N) is 1. The molecule has 4 nitrogen and oxygen atoms in total. The minimum Gasteiger partial charge on any atom is -0.324 e. The Labute approximate surface area is 176 Å². The van der Waals surface area contributed by atoms with E-state index in [1.54, 1.807) is 17.0 Å². The van der Waals surface area contributed by atoms with Crippen molar-refractivity contribution in [2.45, 2.75) is 38.3 Å². The molecule has 1 aliphatic carbocycles. The van der Waals surface area contributed by atoms with E-state index in [1.165, 1.54) is 17.5 Å². The van der Waals surface area contributed by atoms with Gasteiger partial charge in [0.05, 0.1) is 0 Å². The molecule has 0 radical (unpaired) electrons. The van der Waals surface area contributed by atoms with Crippen LogP contribution in [0.4, 0.5) is 5.69 Å². The predicted octanol–water partition coefficient (Wildman–Crippen LogP) is 4.38. The van der Waals surface area contributed by atoms with Crippen LogP contribution in [-0.4, -0.2) is 22.8 Å². The summed E-state index contributed by atoms with van der Waals surface area (Å²) in [6.45, 7) is 0.437. The van der Waals surface area contributed by atoms with Crippen LogP contribution in [0.1, 0.15) is 39.0 Å². The quantitative estimate of drug-likeness (QED) is 0.714. The van der Waals surface area contributed by atoms with E-state index in [9.17, 15) is 9.59 Å². The maximum absolute atomic E-state index is 13.3. The van der Waals surface area contributed by atoms with Crippen LogP contribution in [0.25, 0.3) is 0 Å². The first-order valence-corrected chi connectivity index (χ1v) is 10.5. The number of hydrogen-bond donors (Lipinski definition) is 1. The number of carbonyl (C=O) groups excluding carboxylic acids is 2. The van der Waals surface area contributed by atoms with Crippen LogP contribution in [0.2, 0.25) is 0 Å². The molecule has 1 aliphatic heterocycles. The molecule has 2 amide bonds.